The molecule has 78 valence electrons. The average Bonchev–Trinajstić information content (AvgIpc) is 2.04. The van der Waals surface area contributed by atoms with E-state index < -0.39 is 0 Å². The van der Waals surface area contributed by atoms with Crippen molar-refractivity contribution in [2.24, 2.45) is 5.92 Å². The maximum Gasteiger partial charge on any atom is 0.320 e. The predicted octanol–water partition coefficient (Wildman–Crippen LogP) is 1.53. The zero-order valence-corrected chi connectivity index (χ0v) is 9.17. The van der Waals surface area contributed by atoms with Crippen LogP contribution in [0.4, 0.5) is 0 Å². The molecule has 0 saturated carbocycles. The molecule has 3 nitrogen and oxygen atoms in total. The highest BCUT2D eigenvalue weighted by atomic mass is 16.5. The van der Waals surface area contributed by atoms with Crippen LogP contribution < -0.4 is 0 Å². The van der Waals surface area contributed by atoms with Crippen LogP contribution in [0.2, 0.25) is 0 Å². The van der Waals surface area contributed by atoms with Crippen molar-refractivity contribution in [3.05, 3.63) is 0 Å². The second-order valence-corrected chi connectivity index (χ2v) is 3.52. The van der Waals surface area contributed by atoms with Crippen LogP contribution in [0, 0.1) is 5.92 Å². The third-order valence-electron chi connectivity index (χ3n) is 2.02. The van der Waals surface area contributed by atoms with Crippen LogP contribution in [0.25, 0.3) is 0 Å². The summed E-state index contributed by atoms with van der Waals surface area (Å²) in [5.41, 5.74) is 0. The summed E-state index contributed by atoms with van der Waals surface area (Å²) >= 11 is 0. The Labute approximate surface area is 81.1 Å². The minimum Gasteiger partial charge on any atom is -0.465 e. The van der Waals surface area contributed by atoms with Crippen LogP contribution in [0.3, 0.4) is 0 Å². The lowest BCUT2D eigenvalue weighted by Gasteiger charge is -2.19. The van der Waals surface area contributed by atoms with Gasteiger partial charge in [-0.25, -0.2) is 0 Å². The van der Waals surface area contributed by atoms with Gasteiger partial charge in [0.1, 0.15) is 0 Å². The molecule has 13 heavy (non-hydrogen) atoms. The molecule has 0 rings (SSSR count). The van der Waals surface area contributed by atoms with E-state index in [-0.39, 0.29) is 5.97 Å². The molecule has 0 fully saturated rings. The maximum absolute atomic E-state index is 11.1. The van der Waals surface area contributed by atoms with Crippen molar-refractivity contribution in [3.8, 4) is 0 Å². The number of hydrogen-bond donors (Lipinski definition) is 0. The molecule has 0 radical (unpaired) electrons. The molecule has 0 aromatic rings. The van der Waals surface area contributed by atoms with Crippen molar-refractivity contribution in [2.75, 3.05) is 26.7 Å². The Hall–Kier alpha value is -0.570. The molecule has 0 aromatic carbocycles. The lowest BCUT2D eigenvalue weighted by atomic mass is 10.1. The summed E-state index contributed by atoms with van der Waals surface area (Å²) in [6.45, 7) is 7.99. The van der Waals surface area contributed by atoms with E-state index in [0.717, 1.165) is 13.0 Å². The molecular weight excluding hydrogens is 166 g/mol. The summed E-state index contributed by atoms with van der Waals surface area (Å²) in [4.78, 5) is 13.1. The second kappa shape index (κ2) is 6.89. The van der Waals surface area contributed by atoms with Crippen molar-refractivity contribution in [1.29, 1.82) is 0 Å². The Bertz CT molecular complexity index is 148. The topological polar surface area (TPSA) is 29.5 Å². The number of likely N-dealkylation sites (N-methyl/N-ethyl adjacent to an activating group) is 1. The van der Waals surface area contributed by atoms with Gasteiger partial charge in [0.05, 0.1) is 13.2 Å². The Morgan fingerprint density at radius 3 is 2.54 bits per heavy atom. The molecule has 0 bridgehead atoms. The number of ether oxygens (including phenoxy) is 1. The summed E-state index contributed by atoms with van der Waals surface area (Å²) in [5, 5.41) is 0. The molecule has 0 spiro atoms. The Kier molecular flexibility index (Phi) is 6.59. The number of carbonyl (C=O) groups is 1. The number of carbonyl (C=O) groups excluding carboxylic acids is 1. The van der Waals surface area contributed by atoms with E-state index in [2.05, 4.69) is 13.8 Å². The highest BCUT2D eigenvalue weighted by molar-refractivity contribution is 5.71. The largest absolute Gasteiger partial charge is 0.465 e. The van der Waals surface area contributed by atoms with Crippen LogP contribution in [0.15, 0.2) is 0 Å². The molecule has 0 N–H and O–H groups in total. The monoisotopic (exact) mass is 187 g/mol. The molecule has 0 aliphatic heterocycles. The number of esters is 1. The second-order valence-electron chi connectivity index (χ2n) is 3.52. The number of rotatable bonds is 6. The minimum absolute atomic E-state index is 0.131. The van der Waals surface area contributed by atoms with Crippen LogP contribution in [0.5, 0.6) is 0 Å². The molecule has 0 aromatic heterocycles. The molecular formula is C10H21NO2. The molecule has 0 amide bonds. The highest BCUT2D eigenvalue weighted by Crippen LogP contribution is 2.02. The first-order valence-corrected chi connectivity index (χ1v) is 4.94. The summed E-state index contributed by atoms with van der Waals surface area (Å²) < 4.78 is 4.85. The summed E-state index contributed by atoms with van der Waals surface area (Å²) in [6.07, 6.45) is 1.15. The van der Waals surface area contributed by atoms with Gasteiger partial charge in [-0.1, -0.05) is 20.3 Å². The van der Waals surface area contributed by atoms with Crippen molar-refractivity contribution < 1.29 is 9.53 Å². The third-order valence-corrected chi connectivity index (χ3v) is 2.02. The van der Waals surface area contributed by atoms with E-state index in [9.17, 15) is 4.79 Å². The van der Waals surface area contributed by atoms with E-state index >= 15 is 0 Å². The van der Waals surface area contributed by atoms with Gasteiger partial charge in [-0.3, -0.25) is 9.69 Å². The quantitative estimate of drug-likeness (QED) is 0.591. The lowest BCUT2D eigenvalue weighted by Crippen LogP contribution is -2.30. The standard InChI is InChI=1S/C10H21NO2/c1-5-9(3)7-11(4)8-10(12)13-6-2/h9H,5-8H2,1-4H3. The Balaban J connectivity index is 3.60. The number of hydrogen-bond acceptors (Lipinski definition) is 3. The fourth-order valence-corrected chi connectivity index (χ4v) is 1.15. The van der Waals surface area contributed by atoms with Gasteiger partial charge in [-0.2, -0.15) is 0 Å². The van der Waals surface area contributed by atoms with E-state index in [1.165, 1.54) is 0 Å². The Morgan fingerprint density at radius 1 is 1.46 bits per heavy atom. The van der Waals surface area contributed by atoms with Gasteiger partial charge in [0.15, 0.2) is 0 Å². The predicted molar refractivity (Wildman–Crippen MR) is 53.6 cm³/mol. The smallest absolute Gasteiger partial charge is 0.320 e. The van der Waals surface area contributed by atoms with E-state index in [4.69, 9.17) is 4.74 Å². The number of nitrogens with zero attached hydrogens (tertiary/aromatic N) is 1. The van der Waals surface area contributed by atoms with Crippen molar-refractivity contribution in [1.82, 2.24) is 4.90 Å². The summed E-state index contributed by atoms with van der Waals surface area (Å²) in [7, 11) is 1.95. The molecule has 0 aliphatic carbocycles. The van der Waals surface area contributed by atoms with Crippen molar-refractivity contribution >= 4 is 5.97 Å². The van der Waals surface area contributed by atoms with Gasteiger partial charge in [0, 0.05) is 6.54 Å². The van der Waals surface area contributed by atoms with Crippen LogP contribution in [-0.4, -0.2) is 37.6 Å². The fraction of sp³-hybridized carbons (Fsp3) is 0.900. The molecule has 3 heteroatoms. The average molecular weight is 187 g/mol. The van der Waals surface area contributed by atoms with Gasteiger partial charge in [0.2, 0.25) is 0 Å². The molecule has 0 aliphatic rings. The van der Waals surface area contributed by atoms with Crippen molar-refractivity contribution in [3.63, 3.8) is 0 Å². The lowest BCUT2D eigenvalue weighted by molar-refractivity contribution is -0.144. The first kappa shape index (κ1) is 12.4. The zero-order chi connectivity index (χ0) is 10.3. The van der Waals surface area contributed by atoms with Gasteiger partial charge < -0.3 is 4.74 Å². The minimum atomic E-state index is -0.131. The molecule has 0 saturated heterocycles. The highest BCUT2D eigenvalue weighted by Gasteiger charge is 2.09. The SMILES string of the molecule is CCOC(=O)CN(C)CC(C)CC. The van der Waals surface area contributed by atoms with Crippen molar-refractivity contribution in [2.45, 2.75) is 27.2 Å². The molecule has 1 unspecified atom stereocenters. The first-order valence-electron chi connectivity index (χ1n) is 4.94. The van der Waals surface area contributed by atoms with Gasteiger partial charge >= 0.3 is 5.97 Å². The first-order chi connectivity index (χ1) is 6.10. The van der Waals surface area contributed by atoms with E-state index in [1.54, 1.807) is 0 Å². The zero-order valence-electron chi connectivity index (χ0n) is 9.17. The summed E-state index contributed by atoms with van der Waals surface area (Å²) in [5.74, 6) is 0.507. The van der Waals surface area contributed by atoms with E-state index in [0.29, 0.717) is 19.1 Å². The molecule has 0 heterocycles. The maximum atomic E-state index is 11.1. The van der Waals surface area contributed by atoms with Gasteiger partial charge in [-0.15, -0.1) is 0 Å². The third kappa shape index (κ3) is 6.58. The molecule has 1 atom stereocenters. The van der Waals surface area contributed by atoms with E-state index in [1.807, 2.05) is 18.9 Å². The van der Waals surface area contributed by atoms with Crippen LogP contribution >= 0.6 is 0 Å². The Morgan fingerprint density at radius 2 is 2.08 bits per heavy atom. The van der Waals surface area contributed by atoms with Crippen LogP contribution in [0.1, 0.15) is 27.2 Å². The van der Waals surface area contributed by atoms with Crippen LogP contribution in [-0.2, 0) is 9.53 Å². The fourth-order valence-electron chi connectivity index (χ4n) is 1.15. The van der Waals surface area contributed by atoms with Gasteiger partial charge in [-0.05, 0) is 19.9 Å². The normalized spacial score (nSPS) is 13.0. The van der Waals surface area contributed by atoms with Gasteiger partial charge in [0.25, 0.3) is 0 Å². The summed E-state index contributed by atoms with van der Waals surface area (Å²) in [6, 6.07) is 0.